The van der Waals surface area contributed by atoms with Crippen molar-refractivity contribution in [2.24, 2.45) is 10.6 Å². The molecule has 5 nitrogen and oxygen atoms in total. The summed E-state index contributed by atoms with van der Waals surface area (Å²) in [6, 6.07) is 0.573. The Hall–Kier alpha value is -0.810. The van der Waals surface area contributed by atoms with Gasteiger partial charge < -0.3 is 9.57 Å². The van der Waals surface area contributed by atoms with Crippen molar-refractivity contribution < 1.29 is 9.57 Å². The van der Waals surface area contributed by atoms with E-state index in [4.69, 9.17) is 9.57 Å². The second-order valence-electron chi connectivity index (χ2n) is 8.02. The molecule has 3 aliphatic rings. The highest BCUT2D eigenvalue weighted by atomic mass is 16.7. The molecule has 2 saturated heterocycles. The Morgan fingerprint density at radius 3 is 2.70 bits per heavy atom. The fourth-order valence-electron chi connectivity index (χ4n) is 4.06. The second kappa shape index (κ2) is 7.39. The van der Waals surface area contributed by atoms with Gasteiger partial charge in [-0.15, -0.1) is 0 Å². The standard InChI is InChI=1S/C18H33N3O2/c1-15(2)21-11-7-8-18(3,14-21)17-19-22-13-16(23-17)12-20-9-5-4-6-10-20/h15-16H,4-14H2,1-3H3. The van der Waals surface area contributed by atoms with Gasteiger partial charge in [-0.1, -0.05) is 11.6 Å². The van der Waals surface area contributed by atoms with Gasteiger partial charge in [0, 0.05) is 19.1 Å². The van der Waals surface area contributed by atoms with Crippen LogP contribution in [0.25, 0.3) is 0 Å². The second-order valence-corrected chi connectivity index (χ2v) is 8.02. The molecule has 0 spiro atoms. The first-order chi connectivity index (χ1) is 11.1. The molecule has 0 aromatic heterocycles. The van der Waals surface area contributed by atoms with Crippen LogP contribution < -0.4 is 0 Å². The molecule has 2 atom stereocenters. The van der Waals surface area contributed by atoms with Crippen molar-refractivity contribution in [3.63, 3.8) is 0 Å². The number of hydrogen-bond donors (Lipinski definition) is 0. The van der Waals surface area contributed by atoms with E-state index in [9.17, 15) is 0 Å². The molecular weight excluding hydrogens is 290 g/mol. The summed E-state index contributed by atoms with van der Waals surface area (Å²) in [6.45, 7) is 13.0. The van der Waals surface area contributed by atoms with Crippen molar-refractivity contribution >= 4 is 5.90 Å². The van der Waals surface area contributed by atoms with Gasteiger partial charge in [-0.2, -0.15) is 0 Å². The van der Waals surface area contributed by atoms with Gasteiger partial charge >= 0.3 is 0 Å². The van der Waals surface area contributed by atoms with Crippen molar-refractivity contribution in [2.75, 3.05) is 39.3 Å². The molecule has 3 aliphatic heterocycles. The third-order valence-corrected chi connectivity index (χ3v) is 5.57. The lowest BCUT2D eigenvalue weighted by atomic mass is 9.81. The van der Waals surface area contributed by atoms with E-state index in [2.05, 4.69) is 35.7 Å². The molecule has 0 radical (unpaired) electrons. The van der Waals surface area contributed by atoms with Gasteiger partial charge in [0.2, 0.25) is 5.90 Å². The lowest BCUT2D eigenvalue weighted by Gasteiger charge is -2.43. The van der Waals surface area contributed by atoms with E-state index >= 15 is 0 Å². The van der Waals surface area contributed by atoms with E-state index in [1.807, 2.05) is 0 Å². The van der Waals surface area contributed by atoms with Crippen LogP contribution in [0.5, 0.6) is 0 Å². The number of oxime groups is 1. The highest BCUT2D eigenvalue weighted by Crippen LogP contribution is 2.34. The summed E-state index contributed by atoms with van der Waals surface area (Å²) < 4.78 is 6.32. The zero-order valence-electron chi connectivity index (χ0n) is 15.1. The lowest BCUT2D eigenvalue weighted by Crippen LogP contribution is -2.52. The third-order valence-electron chi connectivity index (χ3n) is 5.57. The minimum absolute atomic E-state index is 0.0108. The number of likely N-dealkylation sites (tertiary alicyclic amines) is 2. The quantitative estimate of drug-likeness (QED) is 0.797. The van der Waals surface area contributed by atoms with E-state index in [1.165, 1.54) is 45.3 Å². The largest absolute Gasteiger partial charge is 0.470 e. The van der Waals surface area contributed by atoms with Crippen molar-refractivity contribution in [3.8, 4) is 0 Å². The zero-order chi connectivity index (χ0) is 16.3. The summed E-state index contributed by atoms with van der Waals surface area (Å²) in [6.07, 6.45) is 6.47. The van der Waals surface area contributed by atoms with Crippen LogP contribution in [0.2, 0.25) is 0 Å². The van der Waals surface area contributed by atoms with Crippen molar-refractivity contribution in [1.29, 1.82) is 0 Å². The topological polar surface area (TPSA) is 37.3 Å². The van der Waals surface area contributed by atoms with Gasteiger partial charge in [-0.05, 0) is 66.1 Å². The van der Waals surface area contributed by atoms with Gasteiger partial charge in [0.15, 0.2) is 6.61 Å². The number of piperidine rings is 2. The Balaban J connectivity index is 1.59. The normalized spacial score (nSPS) is 33.9. The van der Waals surface area contributed by atoms with Crippen LogP contribution in [0.4, 0.5) is 0 Å². The molecule has 0 aromatic carbocycles. The van der Waals surface area contributed by atoms with E-state index in [0.717, 1.165) is 25.4 Å². The summed E-state index contributed by atoms with van der Waals surface area (Å²) in [5.41, 5.74) is -0.0108. The van der Waals surface area contributed by atoms with Gasteiger partial charge in [-0.3, -0.25) is 9.80 Å². The summed E-state index contributed by atoms with van der Waals surface area (Å²) in [4.78, 5) is 10.6. The molecule has 3 heterocycles. The fraction of sp³-hybridized carbons (Fsp3) is 0.944. The monoisotopic (exact) mass is 323 g/mol. The Morgan fingerprint density at radius 2 is 1.96 bits per heavy atom. The zero-order valence-corrected chi connectivity index (χ0v) is 15.1. The Kier molecular flexibility index (Phi) is 5.47. The first-order valence-electron chi connectivity index (χ1n) is 9.40. The summed E-state index contributed by atoms with van der Waals surface area (Å²) in [5.74, 6) is 0.830. The molecule has 23 heavy (non-hydrogen) atoms. The highest BCUT2D eigenvalue weighted by molar-refractivity contribution is 5.82. The van der Waals surface area contributed by atoms with E-state index in [0.29, 0.717) is 12.6 Å². The maximum Gasteiger partial charge on any atom is 0.233 e. The van der Waals surface area contributed by atoms with Gasteiger partial charge in [-0.25, -0.2) is 0 Å². The van der Waals surface area contributed by atoms with Crippen LogP contribution in [0.1, 0.15) is 52.9 Å². The van der Waals surface area contributed by atoms with Crippen LogP contribution in [-0.2, 0) is 9.57 Å². The number of rotatable bonds is 4. The van der Waals surface area contributed by atoms with Gasteiger partial charge in [0.05, 0.1) is 5.41 Å². The van der Waals surface area contributed by atoms with Crippen LogP contribution in [0.3, 0.4) is 0 Å². The minimum atomic E-state index is -0.0108. The van der Waals surface area contributed by atoms with E-state index in [-0.39, 0.29) is 11.5 Å². The molecule has 5 heteroatoms. The van der Waals surface area contributed by atoms with Crippen LogP contribution in [0, 0.1) is 5.41 Å². The van der Waals surface area contributed by atoms with Gasteiger partial charge in [0.25, 0.3) is 0 Å². The fourth-order valence-corrected chi connectivity index (χ4v) is 4.06. The van der Waals surface area contributed by atoms with Crippen LogP contribution in [-0.4, -0.2) is 67.2 Å². The highest BCUT2D eigenvalue weighted by Gasteiger charge is 2.41. The Bertz CT molecular complexity index is 420. The predicted molar refractivity (Wildman–Crippen MR) is 92.6 cm³/mol. The number of hydrogen-bond acceptors (Lipinski definition) is 5. The smallest absolute Gasteiger partial charge is 0.233 e. The van der Waals surface area contributed by atoms with Crippen molar-refractivity contribution in [3.05, 3.63) is 0 Å². The summed E-state index contributed by atoms with van der Waals surface area (Å²) in [7, 11) is 0. The molecule has 0 aliphatic carbocycles. The molecule has 0 aromatic rings. The van der Waals surface area contributed by atoms with Crippen LogP contribution >= 0.6 is 0 Å². The third kappa shape index (κ3) is 4.18. The minimum Gasteiger partial charge on any atom is -0.470 e. The molecule has 0 N–H and O–H groups in total. The maximum atomic E-state index is 6.32. The Labute approximate surface area is 141 Å². The first kappa shape index (κ1) is 17.0. The van der Waals surface area contributed by atoms with E-state index < -0.39 is 0 Å². The first-order valence-corrected chi connectivity index (χ1v) is 9.40. The molecule has 2 unspecified atom stereocenters. The molecule has 132 valence electrons. The SMILES string of the molecule is CC(C)N1CCCC(C)(C2=NOCC(CN3CCCCC3)O2)C1. The molecule has 2 fully saturated rings. The number of ether oxygens (including phenoxy) is 1. The van der Waals surface area contributed by atoms with Crippen LogP contribution in [0.15, 0.2) is 5.16 Å². The molecule has 3 rings (SSSR count). The van der Waals surface area contributed by atoms with Gasteiger partial charge in [0.1, 0.15) is 6.10 Å². The summed E-state index contributed by atoms with van der Waals surface area (Å²) >= 11 is 0. The predicted octanol–water partition coefficient (Wildman–Crippen LogP) is 2.71. The molecule has 0 bridgehead atoms. The average molecular weight is 323 g/mol. The molecule has 0 saturated carbocycles. The van der Waals surface area contributed by atoms with E-state index in [1.54, 1.807) is 0 Å². The number of nitrogens with zero attached hydrogens (tertiary/aromatic N) is 3. The maximum absolute atomic E-state index is 6.32. The lowest BCUT2D eigenvalue weighted by molar-refractivity contribution is -0.0279. The summed E-state index contributed by atoms with van der Waals surface area (Å²) in [5, 5.41) is 4.31. The molecular formula is C18H33N3O2. The van der Waals surface area contributed by atoms with Crippen molar-refractivity contribution in [2.45, 2.75) is 65.0 Å². The average Bonchev–Trinajstić information content (AvgIpc) is 2.56. The molecule has 0 amide bonds. The van der Waals surface area contributed by atoms with Crippen molar-refractivity contribution in [1.82, 2.24) is 9.80 Å². The Morgan fingerprint density at radius 1 is 1.17 bits per heavy atom.